The molecule has 1 N–H and O–H groups in total. The molecular weight excluding hydrogens is 386 g/mol. The number of hydrogen-bond acceptors (Lipinski definition) is 3. The second-order valence-corrected chi connectivity index (χ2v) is 6.75. The molecule has 1 aliphatic rings. The fraction of sp³-hybridized carbons (Fsp3) is 0.357. The van der Waals surface area contributed by atoms with Crippen molar-refractivity contribution in [2.45, 2.75) is 31.6 Å². The van der Waals surface area contributed by atoms with Crippen LogP contribution in [0.4, 0.5) is 0 Å². The predicted octanol–water partition coefficient (Wildman–Crippen LogP) is 4.01. The number of nitrogens with zero attached hydrogens (tertiary/aromatic N) is 2. The van der Waals surface area contributed by atoms with E-state index in [2.05, 4.69) is 46.8 Å². The van der Waals surface area contributed by atoms with Crippen molar-refractivity contribution < 1.29 is 0 Å². The van der Waals surface area contributed by atoms with E-state index in [9.17, 15) is 4.79 Å². The Balaban J connectivity index is 2.07. The van der Waals surface area contributed by atoms with Crippen molar-refractivity contribution in [3.05, 3.63) is 43.3 Å². The molecule has 2 aromatic heterocycles. The molecule has 2 heterocycles. The first-order valence-electron chi connectivity index (χ1n) is 6.56. The zero-order chi connectivity index (χ0) is 14.1. The first kappa shape index (κ1) is 13.9. The van der Waals surface area contributed by atoms with Gasteiger partial charge in [-0.2, -0.15) is 0 Å². The van der Waals surface area contributed by atoms with Crippen LogP contribution in [0.5, 0.6) is 0 Å². The molecule has 1 saturated carbocycles. The summed E-state index contributed by atoms with van der Waals surface area (Å²) in [5.74, 6) is 0.934. The third-order valence-electron chi connectivity index (χ3n) is 3.57. The quantitative estimate of drug-likeness (QED) is 0.831. The molecule has 0 amide bonds. The lowest BCUT2D eigenvalue weighted by atomic mass is 10.0. The normalized spacial score (nSPS) is 15.7. The Morgan fingerprint density at radius 2 is 1.95 bits per heavy atom. The van der Waals surface area contributed by atoms with E-state index in [4.69, 9.17) is 0 Å². The van der Waals surface area contributed by atoms with Crippen LogP contribution in [-0.4, -0.2) is 15.0 Å². The van der Waals surface area contributed by atoms with E-state index in [0.29, 0.717) is 17.4 Å². The summed E-state index contributed by atoms with van der Waals surface area (Å²) in [4.78, 5) is 23.6. The van der Waals surface area contributed by atoms with Crippen molar-refractivity contribution in [2.24, 2.45) is 0 Å². The van der Waals surface area contributed by atoms with Crippen molar-refractivity contribution in [3.8, 4) is 11.5 Å². The molecule has 0 spiro atoms. The average molecular weight is 399 g/mol. The molecule has 0 unspecified atom stereocenters. The second kappa shape index (κ2) is 5.77. The molecular formula is C14H13Br2N3O. The van der Waals surface area contributed by atoms with Crippen molar-refractivity contribution in [3.63, 3.8) is 0 Å². The smallest absolute Gasteiger partial charge is 0.251 e. The Bertz CT molecular complexity index is 693. The van der Waals surface area contributed by atoms with Gasteiger partial charge in [-0.05, 0) is 50.8 Å². The molecule has 20 heavy (non-hydrogen) atoms. The Kier molecular flexibility index (Phi) is 4.03. The first-order chi connectivity index (χ1) is 9.63. The number of aromatic nitrogens is 3. The third-order valence-corrected chi connectivity index (χ3v) is 4.61. The van der Waals surface area contributed by atoms with Crippen molar-refractivity contribution in [1.29, 1.82) is 0 Å². The Morgan fingerprint density at radius 3 is 2.65 bits per heavy atom. The summed E-state index contributed by atoms with van der Waals surface area (Å²) in [7, 11) is 0. The molecule has 0 aromatic carbocycles. The van der Waals surface area contributed by atoms with Crippen LogP contribution in [-0.2, 0) is 0 Å². The topological polar surface area (TPSA) is 58.6 Å². The van der Waals surface area contributed by atoms with Gasteiger partial charge in [-0.15, -0.1) is 0 Å². The minimum Gasteiger partial charge on any atom is -0.305 e. The van der Waals surface area contributed by atoms with E-state index in [1.165, 1.54) is 12.8 Å². The highest BCUT2D eigenvalue weighted by atomic mass is 79.9. The molecule has 0 atom stereocenters. The molecule has 3 rings (SSSR count). The highest BCUT2D eigenvalue weighted by Gasteiger charge is 2.20. The fourth-order valence-corrected chi connectivity index (χ4v) is 3.78. The van der Waals surface area contributed by atoms with E-state index >= 15 is 0 Å². The maximum absolute atomic E-state index is 11.9. The van der Waals surface area contributed by atoms with Crippen LogP contribution < -0.4 is 5.56 Å². The number of halogens is 2. The highest BCUT2D eigenvalue weighted by molar-refractivity contribution is 9.11. The zero-order valence-corrected chi connectivity index (χ0v) is 13.9. The molecule has 104 valence electrons. The molecule has 0 aliphatic heterocycles. The SMILES string of the molecule is O=c1cc(C2CCCC2)nc(-c2ncc(Br)cc2Br)[nH]1. The van der Waals surface area contributed by atoms with Crippen LogP contribution in [0.3, 0.4) is 0 Å². The Hall–Kier alpha value is -1.01. The lowest BCUT2D eigenvalue weighted by Gasteiger charge is -2.10. The summed E-state index contributed by atoms with van der Waals surface area (Å²) < 4.78 is 1.68. The lowest BCUT2D eigenvalue weighted by molar-refractivity contribution is 0.693. The Morgan fingerprint density at radius 1 is 1.20 bits per heavy atom. The maximum atomic E-state index is 11.9. The van der Waals surface area contributed by atoms with Gasteiger partial charge in [0, 0.05) is 27.1 Å². The van der Waals surface area contributed by atoms with Crippen LogP contribution in [0, 0.1) is 0 Å². The predicted molar refractivity (Wildman–Crippen MR) is 84.7 cm³/mol. The van der Waals surface area contributed by atoms with Crippen LogP contribution >= 0.6 is 31.9 Å². The van der Waals surface area contributed by atoms with E-state index in [1.54, 1.807) is 12.3 Å². The van der Waals surface area contributed by atoms with Gasteiger partial charge in [0.05, 0.1) is 5.69 Å². The molecule has 0 radical (unpaired) electrons. The first-order valence-corrected chi connectivity index (χ1v) is 8.15. The number of H-pyrrole nitrogens is 1. The molecule has 0 bridgehead atoms. The second-order valence-electron chi connectivity index (χ2n) is 4.98. The fourth-order valence-electron chi connectivity index (χ4n) is 2.61. The third kappa shape index (κ3) is 2.86. The van der Waals surface area contributed by atoms with Crippen molar-refractivity contribution in [2.75, 3.05) is 0 Å². The number of rotatable bonds is 2. The van der Waals surface area contributed by atoms with Crippen LogP contribution in [0.25, 0.3) is 11.5 Å². The van der Waals surface area contributed by atoms with Gasteiger partial charge in [0.2, 0.25) is 0 Å². The molecule has 2 aromatic rings. The van der Waals surface area contributed by atoms with Crippen LogP contribution in [0.1, 0.15) is 37.3 Å². The van der Waals surface area contributed by atoms with Crippen molar-refractivity contribution in [1.82, 2.24) is 15.0 Å². The van der Waals surface area contributed by atoms with Gasteiger partial charge in [-0.3, -0.25) is 9.78 Å². The zero-order valence-electron chi connectivity index (χ0n) is 10.7. The van der Waals surface area contributed by atoms with Gasteiger partial charge in [0.15, 0.2) is 5.82 Å². The molecule has 4 nitrogen and oxygen atoms in total. The average Bonchev–Trinajstić information content (AvgIpc) is 2.91. The largest absolute Gasteiger partial charge is 0.305 e. The summed E-state index contributed by atoms with van der Waals surface area (Å²) >= 11 is 6.83. The Labute approximate surface area is 133 Å². The molecule has 6 heteroatoms. The summed E-state index contributed by atoms with van der Waals surface area (Å²) in [6, 6.07) is 3.51. The van der Waals surface area contributed by atoms with Gasteiger partial charge < -0.3 is 4.98 Å². The molecule has 1 fully saturated rings. The van der Waals surface area contributed by atoms with E-state index in [1.807, 2.05) is 6.07 Å². The lowest BCUT2D eigenvalue weighted by Crippen LogP contribution is -2.12. The number of hydrogen-bond donors (Lipinski definition) is 1. The maximum Gasteiger partial charge on any atom is 0.251 e. The summed E-state index contributed by atoms with van der Waals surface area (Å²) in [5.41, 5.74) is 1.43. The van der Waals surface area contributed by atoms with E-state index in [-0.39, 0.29) is 5.56 Å². The summed E-state index contributed by atoms with van der Waals surface area (Å²) in [5, 5.41) is 0. The summed E-state index contributed by atoms with van der Waals surface area (Å²) in [6.07, 6.45) is 6.36. The number of pyridine rings is 1. The summed E-state index contributed by atoms with van der Waals surface area (Å²) in [6.45, 7) is 0. The van der Waals surface area contributed by atoms with Gasteiger partial charge in [-0.1, -0.05) is 12.8 Å². The number of nitrogens with one attached hydrogen (secondary N) is 1. The van der Waals surface area contributed by atoms with Gasteiger partial charge in [0.1, 0.15) is 5.69 Å². The van der Waals surface area contributed by atoms with Gasteiger partial charge in [0.25, 0.3) is 5.56 Å². The van der Waals surface area contributed by atoms with E-state index < -0.39 is 0 Å². The minimum absolute atomic E-state index is 0.117. The van der Waals surface area contributed by atoms with Gasteiger partial charge in [-0.25, -0.2) is 4.98 Å². The van der Waals surface area contributed by atoms with Gasteiger partial charge >= 0.3 is 0 Å². The highest BCUT2D eigenvalue weighted by Crippen LogP contribution is 2.33. The van der Waals surface area contributed by atoms with Crippen molar-refractivity contribution >= 4 is 31.9 Å². The monoisotopic (exact) mass is 397 g/mol. The molecule has 0 saturated heterocycles. The molecule has 1 aliphatic carbocycles. The van der Waals surface area contributed by atoms with E-state index in [0.717, 1.165) is 27.5 Å². The standard InChI is InChI=1S/C14H13Br2N3O/c15-9-5-10(16)13(17-7-9)14-18-11(6-12(20)19-14)8-3-1-2-4-8/h5-8H,1-4H2,(H,18,19,20). The number of aromatic amines is 1. The van der Waals surface area contributed by atoms with Crippen LogP contribution in [0.15, 0.2) is 32.1 Å². The minimum atomic E-state index is -0.117. The van der Waals surface area contributed by atoms with Crippen LogP contribution in [0.2, 0.25) is 0 Å².